The van der Waals surface area contributed by atoms with Gasteiger partial charge in [0.25, 0.3) is 0 Å². The summed E-state index contributed by atoms with van der Waals surface area (Å²) in [6, 6.07) is 10.4. The quantitative estimate of drug-likeness (QED) is 0.828. The van der Waals surface area contributed by atoms with Crippen LogP contribution in [0.15, 0.2) is 35.7 Å². The number of nitrogens with one attached hydrogen (secondary N) is 1. The summed E-state index contributed by atoms with van der Waals surface area (Å²) in [5, 5.41) is 2.14. The van der Waals surface area contributed by atoms with E-state index in [1.54, 1.807) is 11.3 Å². The third-order valence-electron chi connectivity index (χ3n) is 3.21. The Morgan fingerprint density at radius 1 is 1.29 bits per heavy atom. The van der Waals surface area contributed by atoms with Gasteiger partial charge in [-0.25, -0.2) is 0 Å². The minimum Gasteiger partial charge on any atom is -0.598 e. The monoisotopic (exact) mass is 320 g/mol. The molecule has 1 heterocycles. The second kappa shape index (κ2) is 6.53. The predicted molar refractivity (Wildman–Crippen MR) is 93.7 cm³/mol. The summed E-state index contributed by atoms with van der Waals surface area (Å²) in [6.07, 6.45) is 0. The maximum Gasteiger partial charge on any atom is 0.136 e. The lowest BCUT2D eigenvalue weighted by molar-refractivity contribution is 0.532. The van der Waals surface area contributed by atoms with Crippen molar-refractivity contribution in [3.63, 3.8) is 0 Å². The average molecular weight is 321 g/mol. The van der Waals surface area contributed by atoms with Gasteiger partial charge in [-0.1, -0.05) is 24.3 Å². The SMILES string of the molecule is [CH2]c1ccccc1-c1csc(C(C)N[S+]([O-])C(C)(C)C)c1. The molecule has 4 heteroatoms. The fraction of sp³-hybridized carbons (Fsp3) is 0.353. The largest absolute Gasteiger partial charge is 0.598 e. The van der Waals surface area contributed by atoms with Gasteiger partial charge in [-0.05, 0) is 62.8 Å². The first-order chi connectivity index (χ1) is 9.79. The lowest BCUT2D eigenvalue weighted by Crippen LogP contribution is -2.40. The highest BCUT2D eigenvalue weighted by atomic mass is 32.2. The Labute approximate surface area is 134 Å². The lowest BCUT2D eigenvalue weighted by Gasteiger charge is -2.26. The van der Waals surface area contributed by atoms with Crippen molar-refractivity contribution in [2.24, 2.45) is 0 Å². The molecule has 0 saturated carbocycles. The van der Waals surface area contributed by atoms with Crippen molar-refractivity contribution in [1.82, 2.24) is 4.72 Å². The number of thiophene rings is 1. The molecular weight excluding hydrogens is 298 g/mol. The summed E-state index contributed by atoms with van der Waals surface area (Å²) >= 11 is 0.626. The van der Waals surface area contributed by atoms with Crippen LogP contribution < -0.4 is 4.72 Å². The van der Waals surface area contributed by atoms with E-state index in [-0.39, 0.29) is 10.8 Å². The zero-order chi connectivity index (χ0) is 15.6. The second-order valence-electron chi connectivity index (χ2n) is 6.12. The number of rotatable bonds is 4. The Bertz CT molecular complexity index is 601. The highest BCUT2D eigenvalue weighted by molar-refractivity contribution is 7.90. The van der Waals surface area contributed by atoms with Crippen LogP contribution in [-0.2, 0) is 11.4 Å². The predicted octanol–water partition coefficient (Wildman–Crippen LogP) is 4.71. The van der Waals surface area contributed by atoms with E-state index >= 15 is 0 Å². The average Bonchev–Trinajstić information content (AvgIpc) is 2.87. The molecule has 0 amide bonds. The maximum absolute atomic E-state index is 12.2. The summed E-state index contributed by atoms with van der Waals surface area (Å²) in [7, 11) is 0. The van der Waals surface area contributed by atoms with Gasteiger partial charge in [0.05, 0.1) is 6.04 Å². The molecule has 0 aliphatic carbocycles. The van der Waals surface area contributed by atoms with E-state index < -0.39 is 11.4 Å². The van der Waals surface area contributed by atoms with Crippen LogP contribution in [0.1, 0.15) is 44.2 Å². The minimum absolute atomic E-state index is 0.0702. The molecule has 0 fully saturated rings. The van der Waals surface area contributed by atoms with E-state index in [1.807, 2.05) is 39.0 Å². The Kier molecular flexibility index (Phi) is 5.15. The Hall–Kier alpha value is -0.810. The van der Waals surface area contributed by atoms with Crippen LogP contribution in [0.4, 0.5) is 0 Å². The van der Waals surface area contributed by atoms with Crippen LogP contribution in [-0.4, -0.2) is 9.30 Å². The van der Waals surface area contributed by atoms with Gasteiger partial charge in [-0.3, -0.25) is 0 Å². The minimum atomic E-state index is -1.06. The van der Waals surface area contributed by atoms with Crippen LogP contribution in [0, 0.1) is 6.92 Å². The maximum atomic E-state index is 12.2. The highest BCUT2D eigenvalue weighted by Gasteiger charge is 2.28. The van der Waals surface area contributed by atoms with Crippen molar-refractivity contribution in [3.8, 4) is 11.1 Å². The highest BCUT2D eigenvalue weighted by Crippen LogP contribution is 2.31. The summed E-state index contributed by atoms with van der Waals surface area (Å²) in [5.74, 6) is 0. The van der Waals surface area contributed by atoms with Gasteiger partial charge < -0.3 is 4.55 Å². The fourth-order valence-electron chi connectivity index (χ4n) is 1.92. The van der Waals surface area contributed by atoms with Gasteiger partial charge in [0.1, 0.15) is 4.75 Å². The first kappa shape index (κ1) is 16.6. The zero-order valence-corrected chi connectivity index (χ0v) is 14.6. The number of benzene rings is 1. The van der Waals surface area contributed by atoms with Gasteiger partial charge in [0, 0.05) is 16.2 Å². The van der Waals surface area contributed by atoms with Gasteiger partial charge >= 0.3 is 0 Å². The van der Waals surface area contributed by atoms with E-state index in [9.17, 15) is 4.55 Å². The molecule has 0 aliphatic heterocycles. The van der Waals surface area contributed by atoms with Crippen LogP contribution in [0.3, 0.4) is 0 Å². The lowest BCUT2D eigenvalue weighted by atomic mass is 10.0. The van der Waals surface area contributed by atoms with Crippen molar-refractivity contribution in [2.75, 3.05) is 0 Å². The summed E-state index contributed by atoms with van der Waals surface area (Å²) in [4.78, 5) is 1.19. The Morgan fingerprint density at radius 2 is 1.95 bits per heavy atom. The van der Waals surface area contributed by atoms with Gasteiger partial charge in [-0.15, -0.1) is 16.1 Å². The summed E-state index contributed by atoms with van der Waals surface area (Å²) < 4.78 is 15.1. The molecule has 1 aromatic heterocycles. The van der Waals surface area contributed by atoms with E-state index in [4.69, 9.17) is 0 Å². The molecule has 113 valence electrons. The molecule has 2 unspecified atom stereocenters. The van der Waals surface area contributed by atoms with Crippen molar-refractivity contribution in [3.05, 3.63) is 53.1 Å². The van der Waals surface area contributed by atoms with Gasteiger partial charge in [0.2, 0.25) is 0 Å². The Morgan fingerprint density at radius 3 is 2.57 bits per heavy atom. The summed E-state index contributed by atoms with van der Waals surface area (Å²) in [6.45, 7) is 12.0. The normalized spacial score (nSPS) is 15.0. The molecule has 0 bridgehead atoms. The molecule has 1 radical (unpaired) electrons. The van der Waals surface area contributed by atoms with Crippen LogP contribution >= 0.6 is 11.3 Å². The molecule has 1 N–H and O–H groups in total. The molecule has 2 rings (SSSR count). The van der Waals surface area contributed by atoms with E-state index in [2.05, 4.69) is 36.1 Å². The fourth-order valence-corrected chi connectivity index (χ4v) is 3.71. The molecule has 1 aromatic carbocycles. The zero-order valence-electron chi connectivity index (χ0n) is 13.0. The van der Waals surface area contributed by atoms with E-state index in [0.29, 0.717) is 0 Å². The van der Waals surface area contributed by atoms with Crippen LogP contribution in [0.2, 0.25) is 0 Å². The third kappa shape index (κ3) is 4.10. The standard InChI is InChI=1S/C17H22NOS2/c1-12-8-6-7-9-15(12)14-10-16(20-11-14)13(2)18-21(19)17(3,4)5/h6-11,13,18H,1H2,2-5H3. The van der Waals surface area contributed by atoms with Gasteiger partial charge in [-0.2, -0.15) is 0 Å². The van der Waals surface area contributed by atoms with Crippen molar-refractivity contribution in [2.45, 2.75) is 38.5 Å². The topological polar surface area (TPSA) is 35.1 Å². The second-order valence-corrected chi connectivity index (χ2v) is 9.06. The van der Waals surface area contributed by atoms with Gasteiger partial charge in [0.15, 0.2) is 0 Å². The van der Waals surface area contributed by atoms with E-state index in [0.717, 1.165) is 11.1 Å². The molecular formula is C17H22NOS2. The molecule has 0 spiro atoms. The van der Waals surface area contributed by atoms with Crippen molar-refractivity contribution >= 4 is 22.7 Å². The molecule has 0 saturated heterocycles. The number of hydrogen-bond donors (Lipinski definition) is 1. The molecule has 2 nitrogen and oxygen atoms in total. The molecule has 2 atom stereocenters. The first-order valence-corrected chi connectivity index (χ1v) is 9.00. The molecule has 0 aliphatic rings. The van der Waals surface area contributed by atoms with Crippen molar-refractivity contribution < 1.29 is 4.55 Å². The van der Waals surface area contributed by atoms with Crippen molar-refractivity contribution in [1.29, 1.82) is 0 Å². The smallest absolute Gasteiger partial charge is 0.136 e. The molecule has 2 aromatic rings. The van der Waals surface area contributed by atoms with Crippen LogP contribution in [0.25, 0.3) is 11.1 Å². The summed E-state index contributed by atoms with van der Waals surface area (Å²) in [5.41, 5.74) is 3.36. The molecule has 21 heavy (non-hydrogen) atoms. The van der Waals surface area contributed by atoms with E-state index in [1.165, 1.54) is 10.4 Å². The van der Waals surface area contributed by atoms with Crippen LogP contribution in [0.5, 0.6) is 0 Å². The number of hydrogen-bond acceptors (Lipinski definition) is 3. The third-order valence-corrected chi connectivity index (χ3v) is 6.01. The first-order valence-electron chi connectivity index (χ1n) is 6.97. The Balaban J connectivity index is 2.15.